The van der Waals surface area contributed by atoms with Gasteiger partial charge >= 0.3 is 11.9 Å². The largest absolute Gasteiger partial charge is 0.481 e. The Balaban J connectivity index is 1.40. The number of fused-ring (bicyclic) bond motifs is 3. The average molecular weight is 693 g/mol. The van der Waals surface area contributed by atoms with Crippen LogP contribution in [0.2, 0.25) is 0 Å². The van der Waals surface area contributed by atoms with Gasteiger partial charge in [0.1, 0.15) is 36.6 Å². The molecule has 6 aliphatic rings. The summed E-state index contributed by atoms with van der Waals surface area (Å²) in [6, 6.07) is 0. The molecular weight excluding hydrogens is 632 g/mol. The second-order valence-corrected chi connectivity index (χ2v) is 18.0. The van der Waals surface area contributed by atoms with E-state index in [0.29, 0.717) is 32.0 Å². The molecule has 2 heterocycles. The van der Waals surface area contributed by atoms with Crippen LogP contribution in [0.4, 0.5) is 0 Å². The molecule has 5 fully saturated rings. The molecule has 0 aromatic rings. The summed E-state index contributed by atoms with van der Waals surface area (Å²) < 4.78 is 24.8. The van der Waals surface area contributed by atoms with Crippen LogP contribution in [0, 0.1) is 56.7 Å². The van der Waals surface area contributed by atoms with E-state index in [1.54, 1.807) is 0 Å². The van der Waals surface area contributed by atoms with Gasteiger partial charge in [0.25, 0.3) is 0 Å². The van der Waals surface area contributed by atoms with Crippen LogP contribution < -0.4 is 0 Å². The number of hydrogen-bond donors (Lipinski definition) is 5. The second kappa shape index (κ2) is 12.5. The van der Waals surface area contributed by atoms with E-state index in [4.69, 9.17) is 18.9 Å². The number of hydrogen-bond acceptors (Lipinski definition) is 10. The van der Waals surface area contributed by atoms with Gasteiger partial charge in [-0.05, 0) is 78.4 Å². The molecule has 6 rings (SSSR count). The normalized spacial score (nSPS) is 51.5. The Morgan fingerprint density at radius 1 is 0.980 bits per heavy atom. The van der Waals surface area contributed by atoms with Gasteiger partial charge in [0.05, 0.1) is 25.7 Å². The molecule has 0 spiro atoms. The van der Waals surface area contributed by atoms with E-state index >= 15 is 0 Å². The third kappa shape index (κ3) is 5.22. The van der Waals surface area contributed by atoms with Crippen LogP contribution in [0.3, 0.4) is 0 Å². The highest BCUT2D eigenvalue weighted by molar-refractivity contribution is 5.73. The molecule has 2 aliphatic heterocycles. The quantitative estimate of drug-likeness (QED) is 0.150. The van der Waals surface area contributed by atoms with Crippen LogP contribution in [0.25, 0.3) is 0 Å². The lowest BCUT2D eigenvalue weighted by Crippen LogP contribution is -2.71. The van der Waals surface area contributed by atoms with Gasteiger partial charge in [0.15, 0.2) is 6.29 Å². The van der Waals surface area contributed by atoms with Crippen molar-refractivity contribution < 1.29 is 54.1 Å². The van der Waals surface area contributed by atoms with Crippen molar-refractivity contribution in [3.05, 3.63) is 11.6 Å². The maximum Gasteiger partial charge on any atom is 0.307 e. The molecule has 0 radical (unpaired) electrons. The summed E-state index contributed by atoms with van der Waals surface area (Å²) >= 11 is 0. The lowest BCUT2D eigenvalue weighted by molar-refractivity contribution is -0.349. The number of carbonyl (C=O) groups is 2. The van der Waals surface area contributed by atoms with E-state index in [1.807, 2.05) is 0 Å². The number of rotatable bonds is 7. The van der Waals surface area contributed by atoms with E-state index in [1.165, 1.54) is 12.5 Å². The van der Waals surface area contributed by atoms with E-state index in [2.05, 4.69) is 54.5 Å². The van der Waals surface area contributed by atoms with Crippen molar-refractivity contribution >= 4 is 11.9 Å². The maximum atomic E-state index is 13.4. The van der Waals surface area contributed by atoms with Crippen molar-refractivity contribution in [2.45, 2.75) is 137 Å². The highest BCUT2D eigenvalue weighted by atomic mass is 16.7. The molecule has 5 N–H and O–H groups in total. The minimum absolute atomic E-state index is 0.0657. The van der Waals surface area contributed by atoms with Gasteiger partial charge in [-0.3, -0.25) is 9.59 Å². The molecule has 4 aliphatic carbocycles. The van der Waals surface area contributed by atoms with Crippen molar-refractivity contribution in [3.63, 3.8) is 0 Å². The van der Waals surface area contributed by atoms with Crippen molar-refractivity contribution in [2.75, 3.05) is 19.8 Å². The minimum Gasteiger partial charge on any atom is -0.481 e. The summed E-state index contributed by atoms with van der Waals surface area (Å²) in [5, 5.41) is 52.6. The number of carboxylic acids is 1. The van der Waals surface area contributed by atoms with Crippen LogP contribution in [0.5, 0.6) is 0 Å². The molecule has 2 saturated heterocycles. The van der Waals surface area contributed by atoms with Crippen molar-refractivity contribution in [3.8, 4) is 0 Å². The Hall–Kier alpha value is -1.60. The predicted octanol–water partition coefficient (Wildman–Crippen LogP) is 3.69. The molecular formula is C38H60O11. The molecule has 11 nitrogen and oxygen atoms in total. The number of aliphatic hydroxyl groups is 4. The van der Waals surface area contributed by atoms with Gasteiger partial charge < -0.3 is 44.5 Å². The first-order valence-corrected chi connectivity index (χ1v) is 18.5. The van der Waals surface area contributed by atoms with Gasteiger partial charge in [-0.2, -0.15) is 0 Å². The van der Waals surface area contributed by atoms with Gasteiger partial charge in [-0.15, -0.1) is 0 Å². The average Bonchev–Trinajstić information content (AvgIpc) is 3.02. The van der Waals surface area contributed by atoms with Gasteiger partial charge in [0, 0.05) is 17.8 Å². The highest BCUT2D eigenvalue weighted by Gasteiger charge is 2.72. The molecule has 0 aromatic heterocycles. The van der Waals surface area contributed by atoms with Crippen molar-refractivity contribution in [1.29, 1.82) is 0 Å². The zero-order chi connectivity index (χ0) is 36.1. The summed E-state index contributed by atoms with van der Waals surface area (Å²) in [5.41, 5.74) is -0.955. The van der Waals surface area contributed by atoms with Crippen LogP contribution in [0.15, 0.2) is 11.6 Å². The number of carbonyl (C=O) groups excluding carboxylic acids is 1. The van der Waals surface area contributed by atoms with E-state index in [0.717, 1.165) is 25.7 Å². The SMILES string of the molecule is CC(=O)O[C@@H]1C[C@@]23COC[C@](C)([C@@H]2CC[C@H]2C3=CC[C@@]3(C)[C@H](C(=O)O)[C@@](C)([C@H](C)C(C)C)CC[C@]23C)[C@H]1O[C@@H]1OC(CO)[C@H](O)[C@H](O)C1O. The fraction of sp³-hybridized carbons (Fsp3) is 0.895. The summed E-state index contributed by atoms with van der Waals surface area (Å²) in [6.45, 7) is 17.0. The zero-order valence-corrected chi connectivity index (χ0v) is 30.6. The Morgan fingerprint density at radius 2 is 1.67 bits per heavy atom. The minimum atomic E-state index is -1.60. The smallest absolute Gasteiger partial charge is 0.307 e. The fourth-order valence-corrected chi connectivity index (χ4v) is 12.5. The van der Waals surface area contributed by atoms with E-state index in [-0.39, 0.29) is 28.6 Å². The molecule has 2 bridgehead atoms. The van der Waals surface area contributed by atoms with Crippen molar-refractivity contribution in [2.24, 2.45) is 56.7 Å². The summed E-state index contributed by atoms with van der Waals surface area (Å²) in [4.78, 5) is 26.0. The standard InChI is InChI=1S/C38H60O11/c1-19(2)20(3)34(5)13-14-36(7)22-9-10-26-35(6)17-46-18-38(26,23(22)11-12-37(36,8)30(34)32(44)45)15-24(47-21(4)40)31(35)49-33-29(43)28(42)27(41)25(16-39)48-33/h11,19-20,22,24-31,33,39,41-43H,9-10,12-18H2,1-8H3,(H,44,45)/t20-,22+,24-,25?,26+,27+,28+,29?,30-,31+,33+,34-,35-,36-,37+,38+/m1/s1. The number of aliphatic carboxylic acids is 1. The fourth-order valence-electron chi connectivity index (χ4n) is 12.5. The molecule has 11 heteroatoms. The number of allylic oxidation sites excluding steroid dienone is 1. The summed E-state index contributed by atoms with van der Waals surface area (Å²) in [7, 11) is 0. The molecule has 16 atom stereocenters. The molecule has 278 valence electrons. The first-order chi connectivity index (χ1) is 22.8. The molecule has 49 heavy (non-hydrogen) atoms. The Morgan fingerprint density at radius 3 is 2.29 bits per heavy atom. The van der Waals surface area contributed by atoms with Crippen LogP contribution in [0.1, 0.15) is 93.9 Å². The monoisotopic (exact) mass is 692 g/mol. The van der Waals surface area contributed by atoms with Gasteiger partial charge in [-0.25, -0.2) is 0 Å². The Kier molecular flexibility index (Phi) is 9.50. The van der Waals surface area contributed by atoms with E-state index < -0.39 is 83.6 Å². The number of carboxylic acid groups (broad SMARTS) is 1. The molecule has 2 unspecified atom stereocenters. The van der Waals surface area contributed by atoms with E-state index in [9.17, 15) is 35.1 Å². The van der Waals surface area contributed by atoms with Crippen molar-refractivity contribution in [1.82, 2.24) is 0 Å². The Labute approximate surface area is 290 Å². The van der Waals surface area contributed by atoms with Gasteiger partial charge in [0.2, 0.25) is 0 Å². The highest BCUT2D eigenvalue weighted by Crippen LogP contribution is 2.75. The molecule has 3 saturated carbocycles. The summed E-state index contributed by atoms with van der Waals surface area (Å²) in [5.74, 6) is -0.879. The zero-order valence-electron chi connectivity index (χ0n) is 30.6. The topological polar surface area (TPSA) is 172 Å². The number of esters is 1. The summed E-state index contributed by atoms with van der Waals surface area (Å²) in [6.07, 6.45) is -1.86. The number of ether oxygens (including phenoxy) is 4. The van der Waals surface area contributed by atoms with Crippen LogP contribution >= 0.6 is 0 Å². The molecule has 0 aromatic carbocycles. The maximum absolute atomic E-state index is 13.4. The van der Waals surface area contributed by atoms with Crippen LogP contribution in [-0.2, 0) is 28.5 Å². The first-order valence-electron chi connectivity index (χ1n) is 18.5. The lowest BCUT2D eigenvalue weighted by atomic mass is 9.34. The lowest BCUT2D eigenvalue weighted by Gasteiger charge is -2.71. The second-order valence-electron chi connectivity index (χ2n) is 18.0. The van der Waals surface area contributed by atoms with Gasteiger partial charge in [-0.1, -0.05) is 60.1 Å². The Bertz CT molecular complexity index is 1330. The third-order valence-electron chi connectivity index (χ3n) is 15.5. The number of aliphatic hydroxyl groups excluding tert-OH is 4. The first kappa shape index (κ1) is 37.2. The predicted molar refractivity (Wildman–Crippen MR) is 178 cm³/mol. The van der Waals surface area contributed by atoms with Crippen LogP contribution in [-0.4, -0.2) is 100 Å². The molecule has 0 amide bonds. The third-order valence-corrected chi connectivity index (χ3v) is 15.5.